The van der Waals surface area contributed by atoms with E-state index in [0.717, 1.165) is 32.6 Å². The molecule has 2 rings (SSSR count). The monoisotopic (exact) mass is 264 g/mol. The Labute approximate surface area is 113 Å². The van der Waals surface area contributed by atoms with E-state index < -0.39 is 0 Å². The molecule has 1 aromatic rings. The number of hydrogen-bond donors (Lipinski definition) is 1. The fraction of sp³-hybridized carbons (Fsp3) is 0.571. The average molecular weight is 264 g/mol. The molecular formula is C14H20N2O3. The zero-order valence-corrected chi connectivity index (χ0v) is 11.4. The van der Waals surface area contributed by atoms with Gasteiger partial charge in [0, 0.05) is 26.0 Å². The lowest BCUT2D eigenvalue weighted by molar-refractivity contribution is 0.0299. The molecule has 0 aromatic carbocycles. The van der Waals surface area contributed by atoms with E-state index in [2.05, 4.69) is 17.2 Å². The molecule has 104 valence electrons. The van der Waals surface area contributed by atoms with E-state index in [0.29, 0.717) is 11.4 Å². The number of methoxy groups -OCH3 is 1. The Balaban J connectivity index is 2.04. The van der Waals surface area contributed by atoms with Crippen molar-refractivity contribution in [3.05, 3.63) is 23.9 Å². The highest BCUT2D eigenvalue weighted by molar-refractivity contribution is 5.94. The van der Waals surface area contributed by atoms with Gasteiger partial charge in [-0.05, 0) is 30.4 Å². The summed E-state index contributed by atoms with van der Waals surface area (Å²) >= 11 is 0. The Bertz CT molecular complexity index is 442. The highest BCUT2D eigenvalue weighted by Crippen LogP contribution is 2.30. The van der Waals surface area contributed by atoms with Crippen LogP contribution in [0, 0.1) is 5.41 Å². The molecule has 2 heterocycles. The number of pyridine rings is 1. The fourth-order valence-electron chi connectivity index (χ4n) is 2.16. The van der Waals surface area contributed by atoms with Gasteiger partial charge in [-0.2, -0.15) is 0 Å². The summed E-state index contributed by atoms with van der Waals surface area (Å²) in [6, 6.07) is 3.45. The van der Waals surface area contributed by atoms with Crippen LogP contribution in [0.5, 0.6) is 0 Å². The van der Waals surface area contributed by atoms with Crippen molar-refractivity contribution in [1.82, 2.24) is 4.98 Å². The number of rotatable bonds is 4. The zero-order valence-electron chi connectivity index (χ0n) is 11.4. The standard InChI is InChI=1S/C14H20N2O3/c1-14(5-8-19-9-6-14)10-16-12-11(13(17)18-2)4-3-7-15-12/h3-4,7H,5-6,8-10H2,1-2H3,(H,15,16). The van der Waals surface area contributed by atoms with Crippen LogP contribution in [0.3, 0.4) is 0 Å². The Morgan fingerprint density at radius 2 is 2.26 bits per heavy atom. The van der Waals surface area contributed by atoms with E-state index in [9.17, 15) is 4.79 Å². The third-order valence-electron chi connectivity index (χ3n) is 3.60. The Morgan fingerprint density at radius 3 is 2.95 bits per heavy atom. The quantitative estimate of drug-likeness (QED) is 0.844. The minimum Gasteiger partial charge on any atom is -0.465 e. The van der Waals surface area contributed by atoms with Crippen LogP contribution in [0.25, 0.3) is 0 Å². The van der Waals surface area contributed by atoms with E-state index in [1.54, 1.807) is 18.3 Å². The van der Waals surface area contributed by atoms with Crippen LogP contribution >= 0.6 is 0 Å². The lowest BCUT2D eigenvalue weighted by atomic mass is 9.82. The second kappa shape index (κ2) is 6.02. The van der Waals surface area contributed by atoms with Gasteiger partial charge in [0.25, 0.3) is 0 Å². The number of nitrogens with one attached hydrogen (secondary N) is 1. The van der Waals surface area contributed by atoms with Crippen LogP contribution < -0.4 is 5.32 Å². The Kier molecular flexibility index (Phi) is 4.37. The molecule has 1 saturated heterocycles. The van der Waals surface area contributed by atoms with E-state index in [1.165, 1.54) is 7.11 Å². The predicted octanol–water partition coefficient (Wildman–Crippen LogP) is 2.10. The van der Waals surface area contributed by atoms with E-state index >= 15 is 0 Å². The van der Waals surface area contributed by atoms with Crippen molar-refractivity contribution in [3.8, 4) is 0 Å². The molecule has 0 spiro atoms. The molecule has 1 N–H and O–H groups in total. The van der Waals surface area contributed by atoms with Gasteiger partial charge in [-0.3, -0.25) is 0 Å². The Morgan fingerprint density at radius 1 is 1.53 bits per heavy atom. The van der Waals surface area contributed by atoms with Crippen molar-refractivity contribution in [2.75, 3.05) is 32.2 Å². The van der Waals surface area contributed by atoms with Crippen molar-refractivity contribution >= 4 is 11.8 Å². The lowest BCUT2D eigenvalue weighted by Gasteiger charge is -2.33. The smallest absolute Gasteiger partial charge is 0.341 e. The average Bonchev–Trinajstić information content (AvgIpc) is 2.45. The summed E-state index contributed by atoms with van der Waals surface area (Å²) in [5.41, 5.74) is 0.657. The maximum absolute atomic E-state index is 11.6. The van der Waals surface area contributed by atoms with Crippen LogP contribution in [-0.4, -0.2) is 37.8 Å². The number of aromatic nitrogens is 1. The number of hydrogen-bond acceptors (Lipinski definition) is 5. The molecule has 0 unspecified atom stereocenters. The van der Waals surface area contributed by atoms with E-state index in [-0.39, 0.29) is 11.4 Å². The third kappa shape index (κ3) is 3.44. The molecule has 1 aromatic heterocycles. The van der Waals surface area contributed by atoms with E-state index in [4.69, 9.17) is 9.47 Å². The summed E-state index contributed by atoms with van der Waals surface area (Å²) in [7, 11) is 1.37. The zero-order chi connectivity index (χ0) is 13.7. The van der Waals surface area contributed by atoms with Crippen molar-refractivity contribution in [2.45, 2.75) is 19.8 Å². The van der Waals surface area contributed by atoms with Crippen LogP contribution in [0.1, 0.15) is 30.1 Å². The molecule has 5 nitrogen and oxygen atoms in total. The topological polar surface area (TPSA) is 60.5 Å². The maximum Gasteiger partial charge on any atom is 0.341 e. The number of carbonyl (C=O) groups is 1. The largest absolute Gasteiger partial charge is 0.465 e. The van der Waals surface area contributed by atoms with Gasteiger partial charge >= 0.3 is 5.97 Å². The highest BCUT2D eigenvalue weighted by atomic mass is 16.5. The van der Waals surface area contributed by atoms with Gasteiger partial charge in [-0.15, -0.1) is 0 Å². The molecule has 0 radical (unpaired) electrons. The van der Waals surface area contributed by atoms with Crippen LogP contribution in [0.2, 0.25) is 0 Å². The summed E-state index contributed by atoms with van der Waals surface area (Å²) in [5.74, 6) is 0.217. The molecule has 1 aliphatic rings. The van der Waals surface area contributed by atoms with Gasteiger partial charge in [0.15, 0.2) is 0 Å². The fourth-order valence-corrected chi connectivity index (χ4v) is 2.16. The first-order valence-electron chi connectivity index (χ1n) is 6.50. The SMILES string of the molecule is COC(=O)c1cccnc1NCC1(C)CCOCC1. The molecule has 0 amide bonds. The number of anilines is 1. The molecule has 5 heteroatoms. The van der Waals surface area contributed by atoms with Gasteiger partial charge in [0.2, 0.25) is 0 Å². The molecule has 19 heavy (non-hydrogen) atoms. The summed E-state index contributed by atoms with van der Waals surface area (Å²) in [4.78, 5) is 15.9. The second-order valence-corrected chi connectivity index (χ2v) is 5.17. The summed E-state index contributed by atoms with van der Waals surface area (Å²) < 4.78 is 10.1. The van der Waals surface area contributed by atoms with Crippen molar-refractivity contribution in [1.29, 1.82) is 0 Å². The van der Waals surface area contributed by atoms with Crippen molar-refractivity contribution in [2.24, 2.45) is 5.41 Å². The molecular weight excluding hydrogens is 244 g/mol. The molecule has 0 bridgehead atoms. The second-order valence-electron chi connectivity index (χ2n) is 5.17. The molecule has 1 aliphatic heterocycles. The first-order chi connectivity index (χ1) is 9.14. The Hall–Kier alpha value is -1.62. The van der Waals surface area contributed by atoms with E-state index in [1.807, 2.05) is 0 Å². The predicted molar refractivity (Wildman–Crippen MR) is 72.2 cm³/mol. The lowest BCUT2D eigenvalue weighted by Crippen LogP contribution is -2.33. The van der Waals surface area contributed by atoms with Crippen molar-refractivity contribution in [3.63, 3.8) is 0 Å². The summed E-state index contributed by atoms with van der Waals surface area (Å²) in [5, 5.41) is 3.27. The number of carbonyl (C=O) groups excluding carboxylic acids is 1. The first kappa shape index (κ1) is 13.8. The summed E-state index contributed by atoms with van der Waals surface area (Å²) in [6.45, 7) is 4.59. The van der Waals surface area contributed by atoms with Crippen LogP contribution in [0.4, 0.5) is 5.82 Å². The minimum atomic E-state index is -0.368. The third-order valence-corrected chi connectivity index (χ3v) is 3.60. The normalized spacial score (nSPS) is 17.8. The van der Waals surface area contributed by atoms with Gasteiger partial charge < -0.3 is 14.8 Å². The van der Waals surface area contributed by atoms with Gasteiger partial charge in [-0.1, -0.05) is 6.92 Å². The molecule has 0 saturated carbocycles. The van der Waals surface area contributed by atoms with Gasteiger partial charge in [0.05, 0.1) is 7.11 Å². The maximum atomic E-state index is 11.6. The minimum absolute atomic E-state index is 0.184. The van der Waals surface area contributed by atoms with Gasteiger partial charge in [0.1, 0.15) is 11.4 Å². The molecule has 0 aliphatic carbocycles. The number of ether oxygens (including phenoxy) is 2. The first-order valence-corrected chi connectivity index (χ1v) is 6.50. The van der Waals surface area contributed by atoms with Gasteiger partial charge in [-0.25, -0.2) is 9.78 Å². The van der Waals surface area contributed by atoms with Crippen molar-refractivity contribution < 1.29 is 14.3 Å². The van der Waals surface area contributed by atoms with Crippen LogP contribution in [0.15, 0.2) is 18.3 Å². The highest BCUT2D eigenvalue weighted by Gasteiger charge is 2.27. The number of esters is 1. The summed E-state index contributed by atoms with van der Waals surface area (Å²) in [6.07, 6.45) is 3.70. The number of nitrogens with zero attached hydrogens (tertiary/aromatic N) is 1. The molecule has 0 atom stereocenters. The van der Waals surface area contributed by atoms with Crippen LogP contribution in [-0.2, 0) is 9.47 Å². The molecule has 1 fully saturated rings.